The zero-order chi connectivity index (χ0) is 27.1. The van der Waals surface area contributed by atoms with Crippen LogP contribution in [0.15, 0.2) is 82.8 Å². The van der Waals surface area contributed by atoms with Gasteiger partial charge in [0.15, 0.2) is 0 Å². The molecule has 1 amide bonds. The number of hydrogen-bond acceptors (Lipinski definition) is 9. The van der Waals surface area contributed by atoms with Gasteiger partial charge in [-0.25, -0.2) is 14.4 Å². The average Bonchev–Trinajstić information content (AvgIpc) is 3.24. The lowest BCUT2D eigenvalue weighted by molar-refractivity contribution is -0.114. The number of carbonyl (C=O) groups is 3. The molecule has 0 bridgehead atoms. The molecule has 1 saturated heterocycles. The molecular weight excluding hydrogens is 512 g/mol. The molecule has 4 rings (SSSR count). The minimum atomic E-state index is -1.04. The van der Waals surface area contributed by atoms with E-state index in [2.05, 4.69) is 20.3 Å². The molecule has 13 heteroatoms. The van der Waals surface area contributed by atoms with Crippen LogP contribution in [0.1, 0.15) is 33.0 Å². The van der Waals surface area contributed by atoms with Crippen LogP contribution in [0.4, 0.5) is 5.82 Å². The van der Waals surface area contributed by atoms with Crippen molar-refractivity contribution in [3.63, 3.8) is 0 Å². The van der Waals surface area contributed by atoms with Crippen LogP contribution in [0.3, 0.4) is 0 Å². The number of amides is 1. The molecule has 1 aliphatic heterocycles. The van der Waals surface area contributed by atoms with Crippen molar-refractivity contribution in [3.05, 3.63) is 105 Å². The second-order valence-corrected chi connectivity index (χ2v) is 9.51. The van der Waals surface area contributed by atoms with E-state index in [1.807, 2.05) is 0 Å². The first kappa shape index (κ1) is 26.5. The first-order chi connectivity index (χ1) is 18.4. The molecule has 0 unspecified atom stereocenters. The van der Waals surface area contributed by atoms with Crippen molar-refractivity contribution in [3.8, 4) is 0 Å². The molecule has 194 valence electrons. The molecule has 3 aromatic rings. The van der Waals surface area contributed by atoms with Crippen molar-refractivity contribution in [2.24, 2.45) is 5.11 Å². The number of esters is 2. The number of nitrogens with one attached hydrogen (secondary N) is 1. The van der Waals surface area contributed by atoms with Gasteiger partial charge in [0.25, 0.3) is 0 Å². The predicted octanol–water partition coefficient (Wildman–Crippen LogP) is 3.58. The zero-order valence-corrected chi connectivity index (χ0v) is 20.9. The summed E-state index contributed by atoms with van der Waals surface area (Å²) in [6.07, 6.45) is 0.353. The average molecular weight is 535 g/mol. The summed E-state index contributed by atoms with van der Waals surface area (Å²) in [5.41, 5.74) is 9.19. The molecule has 0 saturated carbocycles. The predicted molar refractivity (Wildman–Crippen MR) is 139 cm³/mol. The number of thioether (sulfide) groups is 1. The van der Waals surface area contributed by atoms with Crippen molar-refractivity contribution in [2.45, 2.75) is 29.7 Å². The quantitative estimate of drug-likeness (QED) is 0.198. The van der Waals surface area contributed by atoms with Gasteiger partial charge in [0.05, 0.1) is 21.8 Å². The van der Waals surface area contributed by atoms with Crippen LogP contribution in [0.2, 0.25) is 0 Å². The Bertz CT molecular complexity index is 1430. The smallest absolute Gasteiger partial charge is 0.350 e. The highest BCUT2D eigenvalue weighted by Crippen LogP contribution is 2.45. The van der Waals surface area contributed by atoms with E-state index in [1.165, 1.54) is 23.8 Å². The fraction of sp³-hybridized carbons (Fsp3) is 0.240. The van der Waals surface area contributed by atoms with Gasteiger partial charge in [0.2, 0.25) is 5.91 Å². The molecule has 0 spiro atoms. The van der Waals surface area contributed by atoms with Crippen LogP contribution in [-0.4, -0.2) is 51.4 Å². The van der Waals surface area contributed by atoms with E-state index >= 15 is 0 Å². The molecule has 0 radical (unpaired) electrons. The van der Waals surface area contributed by atoms with Crippen LogP contribution in [-0.2, 0) is 14.3 Å². The molecule has 1 aliphatic rings. The van der Waals surface area contributed by atoms with Gasteiger partial charge in [-0.1, -0.05) is 41.5 Å². The molecule has 38 heavy (non-hydrogen) atoms. The molecule has 2 aromatic carbocycles. The van der Waals surface area contributed by atoms with Crippen LogP contribution in [0.5, 0.6) is 0 Å². The second-order valence-electron chi connectivity index (χ2n) is 8.14. The van der Waals surface area contributed by atoms with Gasteiger partial charge < -0.3 is 14.8 Å². The Morgan fingerprint density at radius 1 is 1.05 bits per heavy atom. The lowest BCUT2D eigenvalue weighted by Gasteiger charge is -2.23. The maximum Gasteiger partial charge on any atom is 0.350 e. The number of aromatic nitrogens is 2. The van der Waals surface area contributed by atoms with Crippen LogP contribution >= 0.6 is 11.8 Å². The monoisotopic (exact) mass is 534 g/mol. The zero-order valence-electron chi connectivity index (χ0n) is 20.0. The maximum atomic E-state index is 12.9. The molecular formula is C25H22N6O6S. The number of azide groups is 1. The number of carbonyl (C=O) groups excluding carboxylic acids is 3. The van der Waals surface area contributed by atoms with E-state index in [9.17, 15) is 24.7 Å². The van der Waals surface area contributed by atoms with Gasteiger partial charge in [-0.15, -0.1) is 11.8 Å². The number of benzene rings is 2. The summed E-state index contributed by atoms with van der Waals surface area (Å²) in [7, 11) is 0. The Morgan fingerprint density at radius 3 is 2.26 bits per heavy atom. The molecule has 1 fully saturated rings. The molecule has 4 atom stereocenters. The van der Waals surface area contributed by atoms with E-state index in [-0.39, 0.29) is 18.0 Å². The number of anilines is 1. The Labute approximate surface area is 220 Å². The van der Waals surface area contributed by atoms with Gasteiger partial charge in [-0.2, -0.15) is 4.98 Å². The van der Waals surface area contributed by atoms with E-state index in [1.54, 1.807) is 60.7 Å². The summed E-state index contributed by atoms with van der Waals surface area (Å²) < 4.78 is 12.5. The maximum absolute atomic E-state index is 12.9. The van der Waals surface area contributed by atoms with E-state index in [0.29, 0.717) is 5.56 Å². The summed E-state index contributed by atoms with van der Waals surface area (Å²) >= 11 is 1.14. The van der Waals surface area contributed by atoms with Crippen molar-refractivity contribution >= 4 is 35.4 Å². The van der Waals surface area contributed by atoms with Gasteiger partial charge >= 0.3 is 17.6 Å². The summed E-state index contributed by atoms with van der Waals surface area (Å²) in [4.78, 5) is 56.4. The largest absolute Gasteiger partial charge is 0.461 e. The summed E-state index contributed by atoms with van der Waals surface area (Å²) in [6.45, 7) is 1.09. The summed E-state index contributed by atoms with van der Waals surface area (Å²) in [6, 6.07) is 17.0. The molecule has 1 aromatic heterocycles. The summed E-state index contributed by atoms with van der Waals surface area (Å²) in [5, 5.41) is 4.75. The highest BCUT2D eigenvalue weighted by Gasteiger charge is 2.48. The lowest BCUT2D eigenvalue weighted by atomic mass is 10.1. The third-order valence-electron chi connectivity index (χ3n) is 5.54. The Hall–Kier alpha value is -4.61. The van der Waals surface area contributed by atoms with Crippen molar-refractivity contribution in [1.29, 1.82) is 0 Å². The molecule has 0 aliphatic carbocycles. The number of rotatable bonds is 8. The van der Waals surface area contributed by atoms with E-state index < -0.39 is 46.3 Å². The Kier molecular flexibility index (Phi) is 8.41. The first-order valence-electron chi connectivity index (χ1n) is 11.4. The summed E-state index contributed by atoms with van der Waals surface area (Å²) in [5.74, 6) is -1.59. The van der Waals surface area contributed by atoms with Crippen LogP contribution in [0, 0.1) is 0 Å². The van der Waals surface area contributed by atoms with Gasteiger partial charge in [0.1, 0.15) is 24.6 Å². The highest BCUT2D eigenvalue weighted by atomic mass is 32.2. The second kappa shape index (κ2) is 12.1. The van der Waals surface area contributed by atoms with Crippen molar-refractivity contribution in [1.82, 2.24) is 9.55 Å². The number of ether oxygens (including phenoxy) is 2. The lowest BCUT2D eigenvalue weighted by Crippen LogP contribution is -2.38. The SMILES string of the molecule is CC(=O)Nc1ccn([C@@H]2S[C@H](COC(=O)c3ccccc3)[C@@H](OC(=O)c3ccccc3)[C@@H]2N=[N+]=[N-])c(=O)n1. The van der Waals surface area contributed by atoms with E-state index in [0.717, 1.165) is 11.8 Å². The highest BCUT2D eigenvalue weighted by molar-refractivity contribution is 8.00. The molecule has 1 N–H and O–H groups in total. The Balaban J connectivity index is 1.64. The normalized spacial score (nSPS) is 20.1. The van der Waals surface area contributed by atoms with Crippen molar-refractivity contribution in [2.75, 3.05) is 11.9 Å². The first-order valence-corrected chi connectivity index (χ1v) is 12.4. The fourth-order valence-electron chi connectivity index (χ4n) is 3.85. The topological polar surface area (TPSA) is 165 Å². The standard InChI is InChI=1S/C25H22N6O6S/c1-15(32)27-19-12-13-31(25(35)28-19)22-20(29-30-26)21(37-24(34)17-10-6-3-7-11-17)18(38-22)14-36-23(33)16-8-4-2-5-9-16/h2-13,18,20-22H,14H2,1H3,(H,27,28,32,35)/t18-,20+,21-,22-/m1/s1. The number of nitrogens with zero attached hydrogens (tertiary/aromatic N) is 5. The Morgan fingerprint density at radius 2 is 1.68 bits per heavy atom. The third kappa shape index (κ3) is 6.20. The van der Waals surface area contributed by atoms with Gasteiger partial charge in [-0.3, -0.25) is 9.36 Å². The van der Waals surface area contributed by atoms with E-state index in [4.69, 9.17) is 9.47 Å². The van der Waals surface area contributed by atoms with Gasteiger partial charge in [0, 0.05) is 18.0 Å². The minimum Gasteiger partial charge on any atom is -0.461 e. The fourth-order valence-corrected chi connectivity index (χ4v) is 5.39. The van der Waals surface area contributed by atoms with Crippen molar-refractivity contribution < 1.29 is 23.9 Å². The van der Waals surface area contributed by atoms with Crippen LogP contribution < -0.4 is 11.0 Å². The third-order valence-corrected chi connectivity index (χ3v) is 7.08. The number of hydrogen-bond donors (Lipinski definition) is 1. The van der Waals surface area contributed by atoms with Crippen LogP contribution in [0.25, 0.3) is 10.4 Å². The van der Waals surface area contributed by atoms with Gasteiger partial charge in [-0.05, 0) is 35.9 Å². The minimum absolute atomic E-state index is 0.0578. The molecule has 12 nitrogen and oxygen atoms in total. The molecule has 2 heterocycles.